The summed E-state index contributed by atoms with van der Waals surface area (Å²) >= 11 is 0. The predicted molar refractivity (Wildman–Crippen MR) is 44.1 cm³/mol. The first-order chi connectivity index (χ1) is 5.45. The third-order valence-corrected chi connectivity index (χ3v) is 2.25. The van der Waals surface area contributed by atoms with Gasteiger partial charge in [0, 0.05) is 6.54 Å². The van der Waals surface area contributed by atoms with Gasteiger partial charge in [0.25, 0.3) is 0 Å². The molecule has 1 aliphatic rings. The van der Waals surface area contributed by atoms with Crippen LogP contribution in [0.25, 0.3) is 0 Å². The summed E-state index contributed by atoms with van der Waals surface area (Å²) in [6.07, 6.45) is 0. The molecule has 0 radical (unpaired) electrons. The smallest absolute Gasteiger partial charge is 0.323 e. The number of hydrogen-bond donors (Lipinski definition) is 1. The van der Waals surface area contributed by atoms with E-state index in [2.05, 4.69) is 0 Å². The monoisotopic (exact) mass is 173 g/mol. The standard InChI is InChI=1S/C8H15NO3/c1-8(2)6(7(10)11)9(3)4-5-12-8/h6H,4-5H2,1-3H3,(H,10,11)/t6-/m1/s1. The Hall–Kier alpha value is -0.610. The number of aliphatic carboxylic acids is 1. The molecular weight excluding hydrogens is 158 g/mol. The van der Waals surface area contributed by atoms with Gasteiger partial charge in [0.15, 0.2) is 0 Å². The van der Waals surface area contributed by atoms with E-state index in [-0.39, 0.29) is 0 Å². The Bertz CT molecular complexity index is 191. The Labute approximate surface area is 72.1 Å². The van der Waals surface area contributed by atoms with Gasteiger partial charge in [0.05, 0.1) is 12.2 Å². The van der Waals surface area contributed by atoms with Crippen molar-refractivity contribution in [1.29, 1.82) is 0 Å². The Balaban J connectivity index is 2.81. The zero-order valence-electron chi connectivity index (χ0n) is 7.70. The first kappa shape index (κ1) is 9.48. The van der Waals surface area contributed by atoms with Crippen LogP contribution in [0.15, 0.2) is 0 Å². The highest BCUT2D eigenvalue weighted by Gasteiger charge is 2.41. The van der Waals surface area contributed by atoms with Crippen LogP contribution in [0, 0.1) is 0 Å². The summed E-state index contributed by atoms with van der Waals surface area (Å²) < 4.78 is 5.39. The molecule has 70 valence electrons. The van der Waals surface area contributed by atoms with Crippen LogP contribution >= 0.6 is 0 Å². The van der Waals surface area contributed by atoms with E-state index >= 15 is 0 Å². The molecule has 1 rings (SSSR count). The Morgan fingerprint density at radius 3 is 2.58 bits per heavy atom. The van der Waals surface area contributed by atoms with E-state index in [1.807, 2.05) is 11.9 Å². The van der Waals surface area contributed by atoms with Crippen molar-refractivity contribution in [2.45, 2.75) is 25.5 Å². The van der Waals surface area contributed by atoms with Gasteiger partial charge in [0.1, 0.15) is 6.04 Å². The number of carboxylic acids is 1. The molecule has 1 saturated heterocycles. The van der Waals surface area contributed by atoms with E-state index in [0.29, 0.717) is 13.2 Å². The number of nitrogens with zero attached hydrogens (tertiary/aromatic N) is 1. The number of morpholine rings is 1. The van der Waals surface area contributed by atoms with Crippen LogP contribution in [0.1, 0.15) is 13.8 Å². The summed E-state index contributed by atoms with van der Waals surface area (Å²) in [5, 5.41) is 8.92. The molecule has 1 heterocycles. The van der Waals surface area contributed by atoms with Crippen molar-refractivity contribution >= 4 is 5.97 Å². The van der Waals surface area contributed by atoms with Crippen molar-refractivity contribution in [3.8, 4) is 0 Å². The highest BCUT2D eigenvalue weighted by atomic mass is 16.5. The molecule has 4 nitrogen and oxygen atoms in total. The molecule has 0 aromatic heterocycles. The van der Waals surface area contributed by atoms with Gasteiger partial charge in [-0.05, 0) is 20.9 Å². The van der Waals surface area contributed by atoms with Crippen molar-refractivity contribution < 1.29 is 14.6 Å². The number of hydrogen-bond acceptors (Lipinski definition) is 3. The minimum atomic E-state index is -0.817. The van der Waals surface area contributed by atoms with Gasteiger partial charge in [0.2, 0.25) is 0 Å². The highest BCUT2D eigenvalue weighted by molar-refractivity contribution is 5.75. The van der Waals surface area contributed by atoms with Gasteiger partial charge in [-0.3, -0.25) is 9.69 Å². The number of ether oxygens (including phenoxy) is 1. The van der Waals surface area contributed by atoms with E-state index in [0.717, 1.165) is 0 Å². The van der Waals surface area contributed by atoms with Gasteiger partial charge in [-0.1, -0.05) is 0 Å². The van der Waals surface area contributed by atoms with Crippen molar-refractivity contribution in [2.24, 2.45) is 0 Å². The molecule has 12 heavy (non-hydrogen) atoms. The molecule has 1 fully saturated rings. The van der Waals surface area contributed by atoms with E-state index in [4.69, 9.17) is 9.84 Å². The molecule has 0 spiro atoms. The minimum Gasteiger partial charge on any atom is -0.480 e. The fourth-order valence-electron chi connectivity index (χ4n) is 1.68. The normalized spacial score (nSPS) is 30.1. The quantitative estimate of drug-likeness (QED) is 0.614. The molecule has 0 aliphatic carbocycles. The SMILES string of the molecule is CN1CCOC(C)(C)[C@H]1C(=O)O. The first-order valence-corrected chi connectivity index (χ1v) is 4.02. The minimum absolute atomic E-state index is 0.536. The molecule has 0 unspecified atom stereocenters. The molecule has 1 atom stereocenters. The van der Waals surface area contributed by atoms with Crippen LogP contribution in [0.2, 0.25) is 0 Å². The Morgan fingerprint density at radius 1 is 1.67 bits per heavy atom. The predicted octanol–water partition coefficient (Wildman–Crippen LogP) is 0.180. The van der Waals surface area contributed by atoms with Gasteiger partial charge >= 0.3 is 5.97 Å². The van der Waals surface area contributed by atoms with E-state index in [1.165, 1.54) is 0 Å². The summed E-state index contributed by atoms with van der Waals surface area (Å²) in [6, 6.07) is -0.536. The number of carbonyl (C=O) groups is 1. The molecule has 1 N–H and O–H groups in total. The lowest BCUT2D eigenvalue weighted by atomic mass is 9.96. The topological polar surface area (TPSA) is 49.8 Å². The zero-order chi connectivity index (χ0) is 9.35. The van der Waals surface area contributed by atoms with Gasteiger partial charge in [-0.25, -0.2) is 0 Å². The number of rotatable bonds is 1. The highest BCUT2D eigenvalue weighted by Crippen LogP contribution is 2.23. The van der Waals surface area contributed by atoms with Crippen LogP contribution < -0.4 is 0 Å². The third kappa shape index (κ3) is 1.59. The average Bonchev–Trinajstić information content (AvgIpc) is 1.82. The first-order valence-electron chi connectivity index (χ1n) is 4.02. The average molecular weight is 173 g/mol. The summed E-state index contributed by atoms with van der Waals surface area (Å²) in [5.74, 6) is -0.817. The van der Waals surface area contributed by atoms with E-state index < -0.39 is 17.6 Å². The summed E-state index contributed by atoms with van der Waals surface area (Å²) in [6.45, 7) is 4.90. The van der Waals surface area contributed by atoms with E-state index in [9.17, 15) is 4.79 Å². The summed E-state index contributed by atoms with van der Waals surface area (Å²) in [4.78, 5) is 12.7. The van der Waals surface area contributed by atoms with E-state index in [1.54, 1.807) is 13.8 Å². The Kier molecular flexibility index (Phi) is 2.39. The molecule has 4 heteroatoms. The molecule has 0 aromatic rings. The molecule has 0 amide bonds. The molecule has 1 aliphatic heterocycles. The van der Waals surface area contributed by atoms with Gasteiger partial charge in [-0.2, -0.15) is 0 Å². The largest absolute Gasteiger partial charge is 0.480 e. The van der Waals surface area contributed by atoms with Crippen LogP contribution in [-0.2, 0) is 9.53 Å². The Morgan fingerprint density at radius 2 is 2.25 bits per heavy atom. The molecule has 0 saturated carbocycles. The second-order valence-electron chi connectivity index (χ2n) is 3.67. The van der Waals surface area contributed by atoms with Crippen molar-refractivity contribution in [3.63, 3.8) is 0 Å². The number of carboxylic acid groups (broad SMARTS) is 1. The number of likely N-dealkylation sites (N-methyl/N-ethyl adjacent to an activating group) is 1. The van der Waals surface area contributed by atoms with Gasteiger partial charge < -0.3 is 9.84 Å². The molecule has 0 bridgehead atoms. The third-order valence-electron chi connectivity index (χ3n) is 2.25. The van der Waals surface area contributed by atoms with Crippen LogP contribution in [-0.4, -0.2) is 47.8 Å². The maximum atomic E-state index is 10.9. The van der Waals surface area contributed by atoms with Crippen molar-refractivity contribution in [3.05, 3.63) is 0 Å². The second-order valence-corrected chi connectivity index (χ2v) is 3.67. The maximum Gasteiger partial charge on any atom is 0.323 e. The molecular formula is C8H15NO3. The van der Waals surface area contributed by atoms with Crippen molar-refractivity contribution in [2.75, 3.05) is 20.2 Å². The van der Waals surface area contributed by atoms with Gasteiger partial charge in [-0.15, -0.1) is 0 Å². The van der Waals surface area contributed by atoms with Crippen LogP contribution in [0.5, 0.6) is 0 Å². The van der Waals surface area contributed by atoms with Crippen LogP contribution in [0.4, 0.5) is 0 Å². The lowest BCUT2D eigenvalue weighted by Gasteiger charge is -2.41. The molecule has 0 aromatic carbocycles. The second kappa shape index (κ2) is 3.03. The fourth-order valence-corrected chi connectivity index (χ4v) is 1.68. The zero-order valence-corrected chi connectivity index (χ0v) is 7.70. The lowest BCUT2D eigenvalue weighted by Crippen LogP contribution is -2.59. The van der Waals surface area contributed by atoms with Crippen LogP contribution in [0.3, 0.4) is 0 Å². The van der Waals surface area contributed by atoms with Crippen molar-refractivity contribution in [1.82, 2.24) is 4.90 Å². The summed E-state index contributed by atoms with van der Waals surface area (Å²) in [5.41, 5.74) is -0.584. The maximum absolute atomic E-state index is 10.9. The summed E-state index contributed by atoms with van der Waals surface area (Å²) in [7, 11) is 1.81. The lowest BCUT2D eigenvalue weighted by molar-refractivity contribution is -0.168. The fraction of sp³-hybridized carbons (Fsp3) is 0.875.